The molecule has 90 valence electrons. The number of hydrogen-bond donors (Lipinski definition) is 1. The minimum absolute atomic E-state index is 0.681. The van der Waals surface area contributed by atoms with E-state index in [1.54, 1.807) is 17.5 Å². The average molecular weight is 240 g/mol. The van der Waals surface area contributed by atoms with Crippen LogP contribution in [0.4, 0.5) is 10.1 Å². The largest absolute Gasteiger partial charge is 0.389 e. The lowest BCUT2D eigenvalue weighted by atomic mass is 10.2. The molecule has 2 N–H and O–H groups in total. The highest BCUT2D eigenvalue weighted by molar-refractivity contribution is 7.19. The minimum atomic E-state index is 0.681. The van der Waals surface area contributed by atoms with Gasteiger partial charge in [-0.15, -0.1) is 0 Å². The van der Waals surface area contributed by atoms with Crippen LogP contribution in [0, 0.1) is 0 Å². The summed E-state index contributed by atoms with van der Waals surface area (Å²) in [6.07, 6.45) is 4.37. The molecule has 0 aromatic carbocycles. The second-order valence-corrected chi connectivity index (χ2v) is 5.39. The van der Waals surface area contributed by atoms with Gasteiger partial charge in [-0.3, -0.25) is 4.90 Å². The van der Waals surface area contributed by atoms with Crippen LogP contribution < -0.4 is 10.6 Å². The molecule has 1 aromatic heterocycles. The molecule has 1 atom stereocenters. The van der Waals surface area contributed by atoms with Gasteiger partial charge >= 0.3 is 0 Å². The van der Waals surface area contributed by atoms with Gasteiger partial charge in [0.25, 0.3) is 0 Å². The van der Waals surface area contributed by atoms with Crippen molar-refractivity contribution in [2.45, 2.75) is 25.8 Å². The SMILES string of the molecule is CCN1CCCC1CN(C)c1ncc(N)s1. The van der Waals surface area contributed by atoms with Crippen LogP contribution in [-0.2, 0) is 0 Å². The van der Waals surface area contributed by atoms with Gasteiger partial charge in [0, 0.05) is 19.6 Å². The molecule has 0 saturated carbocycles. The van der Waals surface area contributed by atoms with Gasteiger partial charge in [0.05, 0.1) is 6.20 Å². The molecular weight excluding hydrogens is 220 g/mol. The normalized spacial score (nSPS) is 21.5. The van der Waals surface area contributed by atoms with E-state index in [4.69, 9.17) is 5.73 Å². The molecule has 5 heteroatoms. The Labute approximate surface area is 101 Å². The molecule has 1 saturated heterocycles. The smallest absolute Gasteiger partial charge is 0.187 e. The van der Waals surface area contributed by atoms with Crippen molar-refractivity contribution < 1.29 is 0 Å². The van der Waals surface area contributed by atoms with Crippen molar-refractivity contribution in [1.29, 1.82) is 0 Å². The number of nitrogens with two attached hydrogens (primary N) is 1. The van der Waals surface area contributed by atoms with Gasteiger partial charge in [0.1, 0.15) is 5.00 Å². The highest BCUT2D eigenvalue weighted by atomic mass is 32.1. The zero-order chi connectivity index (χ0) is 11.5. The number of aromatic nitrogens is 1. The third-order valence-electron chi connectivity index (χ3n) is 3.23. The van der Waals surface area contributed by atoms with Crippen LogP contribution in [0.3, 0.4) is 0 Å². The maximum atomic E-state index is 5.70. The van der Waals surface area contributed by atoms with Gasteiger partial charge < -0.3 is 10.6 Å². The molecule has 4 nitrogen and oxygen atoms in total. The van der Waals surface area contributed by atoms with Crippen molar-refractivity contribution in [2.75, 3.05) is 37.3 Å². The monoisotopic (exact) mass is 240 g/mol. The Hall–Kier alpha value is -0.810. The molecule has 0 spiro atoms. The van der Waals surface area contributed by atoms with E-state index in [1.165, 1.54) is 19.4 Å². The van der Waals surface area contributed by atoms with E-state index in [2.05, 4.69) is 28.8 Å². The molecule has 0 aliphatic carbocycles. The summed E-state index contributed by atoms with van der Waals surface area (Å²) < 4.78 is 0. The first kappa shape index (κ1) is 11.7. The van der Waals surface area contributed by atoms with Crippen molar-refractivity contribution in [1.82, 2.24) is 9.88 Å². The van der Waals surface area contributed by atoms with E-state index < -0.39 is 0 Å². The number of nitrogens with zero attached hydrogens (tertiary/aromatic N) is 3. The van der Waals surface area contributed by atoms with Gasteiger partial charge in [-0.25, -0.2) is 4.98 Å². The Kier molecular flexibility index (Phi) is 3.66. The van der Waals surface area contributed by atoms with Crippen molar-refractivity contribution >= 4 is 21.5 Å². The fourth-order valence-electron chi connectivity index (χ4n) is 2.37. The Bertz CT molecular complexity index is 338. The number of rotatable bonds is 4. The summed E-state index contributed by atoms with van der Waals surface area (Å²) >= 11 is 1.56. The predicted molar refractivity (Wildman–Crippen MR) is 70.1 cm³/mol. The lowest BCUT2D eigenvalue weighted by Gasteiger charge is -2.27. The first-order valence-electron chi connectivity index (χ1n) is 5.87. The van der Waals surface area contributed by atoms with Crippen molar-refractivity contribution in [3.8, 4) is 0 Å². The number of nitrogen functional groups attached to an aromatic ring is 1. The number of anilines is 2. The first-order valence-corrected chi connectivity index (χ1v) is 6.69. The Balaban J connectivity index is 1.94. The standard InChI is InChI=1S/C11H20N4S/c1-3-15-6-4-5-9(15)8-14(2)11-13-7-10(12)16-11/h7,9H,3-6,8,12H2,1-2H3. The number of thiazole rings is 1. The lowest BCUT2D eigenvalue weighted by Crippen LogP contribution is -2.38. The third-order valence-corrected chi connectivity index (χ3v) is 4.17. The summed E-state index contributed by atoms with van der Waals surface area (Å²) in [5.74, 6) is 0. The van der Waals surface area contributed by atoms with Gasteiger partial charge in [0.2, 0.25) is 0 Å². The van der Waals surface area contributed by atoms with Crippen LogP contribution in [-0.4, -0.2) is 42.6 Å². The van der Waals surface area contributed by atoms with Crippen LogP contribution >= 0.6 is 11.3 Å². The lowest BCUT2D eigenvalue weighted by molar-refractivity contribution is 0.270. The molecule has 16 heavy (non-hydrogen) atoms. The van der Waals surface area contributed by atoms with Crippen LogP contribution in [0.25, 0.3) is 0 Å². The number of hydrogen-bond acceptors (Lipinski definition) is 5. The second-order valence-electron chi connectivity index (χ2n) is 4.35. The zero-order valence-electron chi connectivity index (χ0n) is 10.0. The first-order chi connectivity index (χ1) is 7.70. The highest BCUT2D eigenvalue weighted by Gasteiger charge is 2.24. The summed E-state index contributed by atoms with van der Waals surface area (Å²) in [6.45, 7) is 5.69. The van der Waals surface area contributed by atoms with Gasteiger partial charge in [-0.05, 0) is 25.9 Å². The molecule has 1 aliphatic heterocycles. The maximum absolute atomic E-state index is 5.70. The predicted octanol–water partition coefficient (Wildman–Crippen LogP) is 1.65. The fourth-order valence-corrected chi connectivity index (χ4v) is 3.02. The summed E-state index contributed by atoms with van der Waals surface area (Å²) in [5, 5.41) is 1.82. The maximum Gasteiger partial charge on any atom is 0.187 e. The fraction of sp³-hybridized carbons (Fsp3) is 0.727. The summed E-state index contributed by atoms with van der Waals surface area (Å²) in [7, 11) is 2.10. The minimum Gasteiger partial charge on any atom is -0.389 e. The van der Waals surface area contributed by atoms with E-state index >= 15 is 0 Å². The molecule has 0 bridgehead atoms. The molecule has 0 radical (unpaired) electrons. The second kappa shape index (κ2) is 5.01. The average Bonchev–Trinajstić information content (AvgIpc) is 2.86. The van der Waals surface area contributed by atoms with Crippen molar-refractivity contribution in [2.24, 2.45) is 0 Å². The highest BCUT2D eigenvalue weighted by Crippen LogP contribution is 2.25. The summed E-state index contributed by atoms with van der Waals surface area (Å²) in [5.41, 5.74) is 5.70. The molecule has 1 fully saturated rings. The third kappa shape index (κ3) is 2.47. The van der Waals surface area contributed by atoms with E-state index in [9.17, 15) is 0 Å². The number of likely N-dealkylation sites (N-methyl/N-ethyl adjacent to an activating group) is 2. The Morgan fingerprint density at radius 1 is 1.69 bits per heavy atom. The van der Waals surface area contributed by atoms with Crippen LogP contribution in [0.1, 0.15) is 19.8 Å². The molecular formula is C11H20N4S. The summed E-state index contributed by atoms with van der Waals surface area (Å²) in [6, 6.07) is 0.681. The molecule has 2 heterocycles. The Morgan fingerprint density at radius 2 is 2.50 bits per heavy atom. The molecule has 2 rings (SSSR count). The Morgan fingerprint density at radius 3 is 3.12 bits per heavy atom. The van der Waals surface area contributed by atoms with Crippen molar-refractivity contribution in [3.63, 3.8) is 0 Å². The molecule has 1 aromatic rings. The van der Waals surface area contributed by atoms with E-state index in [0.29, 0.717) is 6.04 Å². The van der Waals surface area contributed by atoms with E-state index in [1.807, 2.05) is 0 Å². The van der Waals surface area contributed by atoms with Gasteiger partial charge in [-0.1, -0.05) is 18.3 Å². The molecule has 1 aliphatic rings. The van der Waals surface area contributed by atoms with Crippen molar-refractivity contribution in [3.05, 3.63) is 6.20 Å². The summed E-state index contributed by atoms with van der Waals surface area (Å²) in [4.78, 5) is 9.08. The quantitative estimate of drug-likeness (QED) is 0.869. The van der Waals surface area contributed by atoms with Crippen LogP contribution in [0.2, 0.25) is 0 Å². The van der Waals surface area contributed by atoms with E-state index in [0.717, 1.165) is 23.2 Å². The molecule has 0 amide bonds. The topological polar surface area (TPSA) is 45.4 Å². The van der Waals surface area contributed by atoms with Crippen LogP contribution in [0.5, 0.6) is 0 Å². The molecule has 1 unspecified atom stereocenters. The van der Waals surface area contributed by atoms with Gasteiger partial charge in [0.15, 0.2) is 5.13 Å². The van der Waals surface area contributed by atoms with Crippen LogP contribution in [0.15, 0.2) is 6.20 Å². The number of likely N-dealkylation sites (tertiary alicyclic amines) is 1. The van der Waals surface area contributed by atoms with E-state index in [-0.39, 0.29) is 0 Å². The van der Waals surface area contributed by atoms with Gasteiger partial charge in [-0.2, -0.15) is 0 Å². The zero-order valence-corrected chi connectivity index (χ0v) is 10.8.